The Hall–Kier alpha value is -1.52. The van der Waals surface area contributed by atoms with Crippen LogP contribution in [-0.4, -0.2) is 33.2 Å². The lowest BCUT2D eigenvalue weighted by Crippen LogP contribution is -2.39. The fourth-order valence-corrected chi connectivity index (χ4v) is 3.42. The Morgan fingerprint density at radius 1 is 1.39 bits per heavy atom. The first-order chi connectivity index (χ1) is 8.68. The van der Waals surface area contributed by atoms with Gasteiger partial charge in [0.1, 0.15) is 11.4 Å². The van der Waals surface area contributed by atoms with Crippen molar-refractivity contribution in [2.45, 2.75) is 38.1 Å². The third-order valence-electron chi connectivity index (χ3n) is 4.49. The zero-order valence-electron chi connectivity index (χ0n) is 10.8. The second-order valence-electron chi connectivity index (χ2n) is 5.47. The molecule has 1 amide bonds. The van der Waals surface area contributed by atoms with E-state index in [1.165, 1.54) is 19.3 Å². The largest absolute Gasteiger partial charge is 0.383 e. The maximum Gasteiger partial charge on any atom is 0.259 e. The zero-order valence-corrected chi connectivity index (χ0v) is 10.8. The number of carbonyl (C=O) groups excluding carboxylic acids is 1. The summed E-state index contributed by atoms with van der Waals surface area (Å²) in [5.74, 6) is 1.25. The second kappa shape index (κ2) is 4.30. The normalized spacial score (nSPS) is 27.3. The van der Waals surface area contributed by atoms with Gasteiger partial charge in [0, 0.05) is 19.6 Å². The fraction of sp³-hybridized carbons (Fsp3) is 0.692. The number of aryl methyl sites for hydroxylation is 1. The summed E-state index contributed by atoms with van der Waals surface area (Å²) < 4.78 is 1.56. The molecule has 1 saturated heterocycles. The molecule has 0 radical (unpaired) electrons. The first-order valence-electron chi connectivity index (χ1n) is 6.77. The third-order valence-corrected chi connectivity index (χ3v) is 4.49. The number of nitrogen functional groups attached to an aromatic ring is 1. The SMILES string of the molecule is Cn1ncc(C(=O)N2CCC3CCCCC32)c1N. The van der Waals surface area contributed by atoms with Gasteiger partial charge in [0.15, 0.2) is 0 Å². The van der Waals surface area contributed by atoms with Crippen molar-refractivity contribution in [2.24, 2.45) is 13.0 Å². The van der Waals surface area contributed by atoms with Crippen LogP contribution in [0.4, 0.5) is 5.82 Å². The topological polar surface area (TPSA) is 64.2 Å². The lowest BCUT2D eigenvalue weighted by atomic mass is 9.85. The molecule has 98 valence electrons. The number of amides is 1. The zero-order chi connectivity index (χ0) is 12.7. The Labute approximate surface area is 107 Å². The van der Waals surface area contributed by atoms with Crippen molar-refractivity contribution >= 4 is 11.7 Å². The number of hydrogen-bond acceptors (Lipinski definition) is 3. The van der Waals surface area contributed by atoms with Gasteiger partial charge in [-0.25, -0.2) is 0 Å². The highest BCUT2D eigenvalue weighted by Gasteiger charge is 2.39. The van der Waals surface area contributed by atoms with Crippen LogP contribution in [0.2, 0.25) is 0 Å². The summed E-state index contributed by atoms with van der Waals surface area (Å²) in [4.78, 5) is 14.6. The van der Waals surface area contributed by atoms with Gasteiger partial charge in [-0.1, -0.05) is 12.8 Å². The van der Waals surface area contributed by atoms with Crippen LogP contribution in [0.5, 0.6) is 0 Å². The molecular weight excluding hydrogens is 228 g/mol. The van der Waals surface area contributed by atoms with E-state index in [0.717, 1.165) is 19.4 Å². The number of fused-ring (bicyclic) bond motifs is 1. The highest BCUT2D eigenvalue weighted by molar-refractivity contribution is 5.98. The van der Waals surface area contributed by atoms with Crippen LogP contribution >= 0.6 is 0 Å². The molecule has 5 nitrogen and oxygen atoms in total. The van der Waals surface area contributed by atoms with E-state index in [-0.39, 0.29) is 5.91 Å². The maximum atomic E-state index is 12.5. The van der Waals surface area contributed by atoms with Crippen molar-refractivity contribution in [3.05, 3.63) is 11.8 Å². The summed E-state index contributed by atoms with van der Waals surface area (Å²) in [6.07, 6.45) is 7.73. The average molecular weight is 248 g/mol. The number of rotatable bonds is 1. The van der Waals surface area contributed by atoms with Gasteiger partial charge in [-0.15, -0.1) is 0 Å². The number of nitrogens with zero attached hydrogens (tertiary/aromatic N) is 3. The molecule has 2 fully saturated rings. The van der Waals surface area contributed by atoms with Gasteiger partial charge in [0.2, 0.25) is 0 Å². The molecule has 1 saturated carbocycles. The first kappa shape index (κ1) is 11.6. The Balaban J connectivity index is 1.83. The summed E-state index contributed by atoms with van der Waals surface area (Å²) in [5, 5.41) is 4.06. The van der Waals surface area contributed by atoms with E-state index < -0.39 is 0 Å². The maximum absolute atomic E-state index is 12.5. The number of anilines is 1. The van der Waals surface area contributed by atoms with Crippen molar-refractivity contribution in [2.75, 3.05) is 12.3 Å². The van der Waals surface area contributed by atoms with Crippen LogP contribution in [0.15, 0.2) is 6.20 Å². The van der Waals surface area contributed by atoms with Gasteiger partial charge in [-0.2, -0.15) is 5.10 Å². The first-order valence-corrected chi connectivity index (χ1v) is 6.77. The Kier molecular flexibility index (Phi) is 2.76. The van der Waals surface area contributed by atoms with Gasteiger partial charge in [-0.05, 0) is 25.2 Å². The lowest BCUT2D eigenvalue weighted by molar-refractivity contribution is 0.0691. The fourth-order valence-electron chi connectivity index (χ4n) is 3.42. The molecule has 3 rings (SSSR count). The van der Waals surface area contributed by atoms with Crippen LogP contribution in [0.25, 0.3) is 0 Å². The predicted octanol–water partition coefficient (Wildman–Crippen LogP) is 1.41. The molecule has 2 atom stereocenters. The third kappa shape index (κ3) is 1.69. The van der Waals surface area contributed by atoms with Crippen LogP contribution in [0, 0.1) is 5.92 Å². The van der Waals surface area contributed by atoms with Crippen molar-refractivity contribution in [3.8, 4) is 0 Å². The molecule has 1 aliphatic heterocycles. The summed E-state index contributed by atoms with van der Waals surface area (Å²) in [6.45, 7) is 0.877. The second-order valence-corrected chi connectivity index (χ2v) is 5.47. The minimum atomic E-state index is 0.0648. The van der Waals surface area contributed by atoms with Crippen molar-refractivity contribution in [1.29, 1.82) is 0 Å². The molecule has 5 heteroatoms. The number of aromatic nitrogens is 2. The van der Waals surface area contributed by atoms with Crippen molar-refractivity contribution in [3.63, 3.8) is 0 Å². The van der Waals surface area contributed by atoms with Gasteiger partial charge in [0.25, 0.3) is 5.91 Å². The van der Waals surface area contributed by atoms with E-state index in [4.69, 9.17) is 5.73 Å². The standard InChI is InChI=1S/C13H20N4O/c1-16-12(14)10(8-15-16)13(18)17-7-6-9-4-2-3-5-11(9)17/h8-9,11H,2-7,14H2,1H3. The molecule has 1 aliphatic carbocycles. The molecule has 2 aliphatic rings. The van der Waals surface area contributed by atoms with Crippen molar-refractivity contribution < 1.29 is 4.79 Å². The molecule has 0 bridgehead atoms. The highest BCUT2D eigenvalue weighted by Crippen LogP contribution is 2.37. The van der Waals surface area contributed by atoms with Crippen molar-refractivity contribution in [1.82, 2.24) is 14.7 Å². The quantitative estimate of drug-likeness (QED) is 0.817. The molecule has 0 aromatic carbocycles. The smallest absolute Gasteiger partial charge is 0.259 e. The van der Waals surface area contributed by atoms with E-state index in [0.29, 0.717) is 23.3 Å². The molecule has 1 aromatic heterocycles. The summed E-state index contributed by atoms with van der Waals surface area (Å²) in [5.41, 5.74) is 6.45. The van der Waals surface area contributed by atoms with E-state index in [2.05, 4.69) is 5.10 Å². The van der Waals surface area contributed by atoms with E-state index >= 15 is 0 Å². The van der Waals surface area contributed by atoms with Crippen LogP contribution in [0.3, 0.4) is 0 Å². The Morgan fingerprint density at radius 3 is 2.89 bits per heavy atom. The average Bonchev–Trinajstić information content (AvgIpc) is 2.94. The summed E-state index contributed by atoms with van der Waals surface area (Å²) in [6, 6.07) is 0.436. The molecule has 0 spiro atoms. The molecule has 2 heterocycles. The molecule has 2 unspecified atom stereocenters. The predicted molar refractivity (Wildman–Crippen MR) is 69.0 cm³/mol. The Morgan fingerprint density at radius 2 is 2.17 bits per heavy atom. The lowest BCUT2D eigenvalue weighted by Gasteiger charge is -2.31. The number of carbonyl (C=O) groups is 1. The van der Waals surface area contributed by atoms with Gasteiger partial charge in [-0.3, -0.25) is 9.48 Å². The number of hydrogen-bond donors (Lipinski definition) is 1. The minimum absolute atomic E-state index is 0.0648. The summed E-state index contributed by atoms with van der Waals surface area (Å²) in [7, 11) is 1.76. The highest BCUT2D eigenvalue weighted by atomic mass is 16.2. The van der Waals surface area contributed by atoms with E-state index in [1.54, 1.807) is 17.9 Å². The molecular formula is C13H20N4O. The van der Waals surface area contributed by atoms with Crippen LogP contribution in [-0.2, 0) is 7.05 Å². The molecule has 18 heavy (non-hydrogen) atoms. The van der Waals surface area contributed by atoms with E-state index in [9.17, 15) is 4.79 Å². The van der Waals surface area contributed by atoms with Gasteiger partial charge >= 0.3 is 0 Å². The van der Waals surface area contributed by atoms with Gasteiger partial charge in [0.05, 0.1) is 6.20 Å². The molecule has 1 aromatic rings. The van der Waals surface area contributed by atoms with E-state index in [1.807, 2.05) is 4.90 Å². The summed E-state index contributed by atoms with van der Waals surface area (Å²) >= 11 is 0. The number of nitrogens with two attached hydrogens (primary N) is 1. The minimum Gasteiger partial charge on any atom is -0.383 e. The Bertz CT molecular complexity index is 468. The number of likely N-dealkylation sites (tertiary alicyclic amines) is 1. The molecule has 2 N–H and O–H groups in total. The van der Waals surface area contributed by atoms with Crippen LogP contribution in [0.1, 0.15) is 42.5 Å². The monoisotopic (exact) mass is 248 g/mol. The van der Waals surface area contributed by atoms with Crippen LogP contribution < -0.4 is 5.73 Å². The van der Waals surface area contributed by atoms with Gasteiger partial charge < -0.3 is 10.6 Å².